The van der Waals surface area contributed by atoms with Gasteiger partial charge in [-0.05, 0) is 44.4 Å². The number of aliphatic carboxylic acids is 1. The van der Waals surface area contributed by atoms with Crippen LogP contribution in [0.1, 0.15) is 60.3 Å². The maximum Gasteiger partial charge on any atom is 0.328 e. The summed E-state index contributed by atoms with van der Waals surface area (Å²) in [5.41, 5.74) is 16.5. The first-order valence-corrected chi connectivity index (χ1v) is 11.8. The first kappa shape index (κ1) is 32.1. The molecule has 13 heteroatoms. The number of aliphatic hydroxyl groups excluding tert-OH is 1. The third-order valence-corrected chi connectivity index (χ3v) is 5.03. The fourth-order valence-corrected chi connectivity index (χ4v) is 3.25. The van der Waals surface area contributed by atoms with Crippen molar-refractivity contribution in [1.82, 2.24) is 16.0 Å². The second kappa shape index (κ2) is 15.9. The summed E-state index contributed by atoms with van der Waals surface area (Å²) in [5, 5.41) is 26.4. The lowest BCUT2D eigenvalue weighted by molar-refractivity contribution is -0.145. The summed E-state index contributed by atoms with van der Waals surface area (Å²) < 4.78 is 0. The van der Waals surface area contributed by atoms with Crippen LogP contribution < -0.4 is 33.2 Å². The molecule has 0 saturated carbocycles. The molecule has 0 aliphatic carbocycles. The van der Waals surface area contributed by atoms with Gasteiger partial charge >= 0.3 is 5.97 Å². The van der Waals surface area contributed by atoms with Gasteiger partial charge in [0.2, 0.25) is 17.7 Å². The molecule has 0 radical (unpaired) electrons. The highest BCUT2D eigenvalue weighted by Gasteiger charge is 2.32. The lowest BCUT2D eigenvalue weighted by atomic mass is 9.99. The molecule has 0 rings (SSSR count). The Morgan fingerprint density at radius 1 is 0.829 bits per heavy atom. The number of amides is 3. The van der Waals surface area contributed by atoms with Gasteiger partial charge in [0, 0.05) is 6.54 Å². The molecular weight excluding hydrogens is 458 g/mol. The summed E-state index contributed by atoms with van der Waals surface area (Å²) in [6.45, 7) is 8.98. The van der Waals surface area contributed by atoms with E-state index in [9.17, 15) is 29.4 Å². The number of rotatable bonds is 16. The second-order valence-corrected chi connectivity index (χ2v) is 9.50. The van der Waals surface area contributed by atoms with Crippen molar-refractivity contribution in [3.8, 4) is 0 Å². The topological polar surface area (TPSA) is 235 Å². The maximum absolute atomic E-state index is 13.1. The van der Waals surface area contributed by atoms with Crippen molar-refractivity contribution in [2.75, 3.05) is 6.54 Å². The van der Waals surface area contributed by atoms with E-state index in [1.165, 1.54) is 6.92 Å². The van der Waals surface area contributed by atoms with Gasteiger partial charge in [-0.25, -0.2) is 4.79 Å². The molecule has 5 atom stereocenters. The number of aliphatic imine (C=N–C) groups is 1. The Hall–Kier alpha value is -2.93. The van der Waals surface area contributed by atoms with Crippen LogP contribution in [-0.4, -0.2) is 76.7 Å². The standard InChI is InChI=1S/C22H43N7O6/c1-11(2)9-15(27-18(31)14(23)7-6-8-26-22(24)25)19(32)28-16(10-12(3)4)20(33)29-17(13(5)30)21(34)35/h11-17,30H,6-10,23H2,1-5H3,(H,27,31)(H,28,32)(H,29,33)(H,34,35)(H4,24,25,26). The zero-order valence-electron chi connectivity index (χ0n) is 21.3. The van der Waals surface area contributed by atoms with E-state index in [1.807, 2.05) is 27.7 Å². The molecule has 5 unspecified atom stereocenters. The van der Waals surface area contributed by atoms with Crippen molar-refractivity contribution < 1.29 is 29.4 Å². The van der Waals surface area contributed by atoms with Crippen LogP contribution in [0.3, 0.4) is 0 Å². The third kappa shape index (κ3) is 13.5. The molecule has 0 heterocycles. The fraction of sp³-hybridized carbons (Fsp3) is 0.773. The number of nitrogens with zero attached hydrogens (tertiary/aromatic N) is 1. The Balaban J connectivity index is 5.39. The van der Waals surface area contributed by atoms with Gasteiger partial charge in [0.15, 0.2) is 12.0 Å². The van der Waals surface area contributed by atoms with Crippen LogP contribution in [0.15, 0.2) is 4.99 Å². The van der Waals surface area contributed by atoms with E-state index < -0.39 is 54.0 Å². The van der Waals surface area contributed by atoms with E-state index in [0.717, 1.165) is 0 Å². The molecule has 0 aromatic rings. The van der Waals surface area contributed by atoms with Gasteiger partial charge in [0.25, 0.3) is 0 Å². The third-order valence-electron chi connectivity index (χ3n) is 5.03. The molecule has 0 fully saturated rings. The van der Waals surface area contributed by atoms with Gasteiger partial charge in [0.05, 0.1) is 12.1 Å². The second-order valence-electron chi connectivity index (χ2n) is 9.50. The largest absolute Gasteiger partial charge is 0.480 e. The van der Waals surface area contributed by atoms with Crippen molar-refractivity contribution >= 4 is 29.7 Å². The summed E-state index contributed by atoms with van der Waals surface area (Å²) in [7, 11) is 0. The number of carbonyl (C=O) groups excluding carboxylic acids is 3. The van der Waals surface area contributed by atoms with Gasteiger partial charge in [0.1, 0.15) is 12.1 Å². The average molecular weight is 502 g/mol. The molecular formula is C22H43N7O6. The van der Waals surface area contributed by atoms with Crippen molar-refractivity contribution in [2.45, 2.75) is 90.6 Å². The Morgan fingerprint density at radius 2 is 1.29 bits per heavy atom. The SMILES string of the molecule is CC(C)CC(NC(=O)C(N)CCCN=C(N)N)C(=O)NC(CC(C)C)C(=O)NC(C(=O)O)C(C)O. The predicted octanol–water partition coefficient (Wildman–Crippen LogP) is -1.62. The monoisotopic (exact) mass is 501 g/mol. The normalized spacial score (nSPS) is 15.5. The van der Waals surface area contributed by atoms with Crippen molar-refractivity contribution in [2.24, 2.45) is 34.0 Å². The lowest BCUT2D eigenvalue weighted by Gasteiger charge is -2.27. The Kier molecular flexibility index (Phi) is 14.5. The zero-order chi connectivity index (χ0) is 27.3. The smallest absolute Gasteiger partial charge is 0.328 e. The first-order chi connectivity index (χ1) is 16.1. The average Bonchev–Trinajstić information content (AvgIpc) is 2.72. The predicted molar refractivity (Wildman–Crippen MR) is 132 cm³/mol. The molecule has 0 bridgehead atoms. The summed E-state index contributed by atoms with van der Waals surface area (Å²) in [6, 6.07) is -4.44. The summed E-state index contributed by atoms with van der Waals surface area (Å²) >= 11 is 0. The first-order valence-electron chi connectivity index (χ1n) is 11.8. The van der Waals surface area contributed by atoms with Gasteiger partial charge in [-0.1, -0.05) is 27.7 Å². The highest BCUT2D eigenvalue weighted by molar-refractivity contribution is 5.94. The van der Waals surface area contributed by atoms with Crippen molar-refractivity contribution in [3.05, 3.63) is 0 Å². The molecule has 35 heavy (non-hydrogen) atoms. The van der Waals surface area contributed by atoms with E-state index in [4.69, 9.17) is 17.2 Å². The van der Waals surface area contributed by atoms with Crippen molar-refractivity contribution in [3.63, 3.8) is 0 Å². The number of hydrogen-bond donors (Lipinski definition) is 8. The number of carboxylic acid groups (broad SMARTS) is 1. The van der Waals surface area contributed by atoms with Crippen LogP contribution in [0.4, 0.5) is 0 Å². The van der Waals surface area contributed by atoms with Gasteiger partial charge in [-0.2, -0.15) is 0 Å². The van der Waals surface area contributed by atoms with E-state index in [1.54, 1.807) is 0 Å². The molecule has 0 aliphatic rings. The minimum absolute atomic E-state index is 0.0161. The van der Waals surface area contributed by atoms with E-state index in [-0.39, 0.29) is 24.2 Å². The molecule has 0 spiro atoms. The molecule has 3 amide bonds. The maximum atomic E-state index is 13.1. The summed E-state index contributed by atoms with van der Waals surface area (Å²) in [4.78, 5) is 53.6. The minimum atomic E-state index is -1.53. The molecule has 13 nitrogen and oxygen atoms in total. The molecule has 0 aliphatic heterocycles. The van der Waals surface area contributed by atoms with Crippen molar-refractivity contribution in [1.29, 1.82) is 0 Å². The summed E-state index contributed by atoms with van der Waals surface area (Å²) in [5.74, 6) is -3.30. The number of nitrogens with one attached hydrogen (secondary N) is 3. The van der Waals surface area contributed by atoms with E-state index in [2.05, 4.69) is 20.9 Å². The number of hydrogen-bond acceptors (Lipinski definition) is 7. The van der Waals surface area contributed by atoms with Gasteiger partial charge < -0.3 is 43.4 Å². The molecule has 202 valence electrons. The van der Waals surface area contributed by atoms with Crippen LogP contribution in [0, 0.1) is 11.8 Å². The Labute approximate surface area is 206 Å². The Morgan fingerprint density at radius 3 is 1.69 bits per heavy atom. The van der Waals surface area contributed by atoms with Crippen LogP contribution >= 0.6 is 0 Å². The molecule has 0 aromatic carbocycles. The molecule has 0 aromatic heterocycles. The number of carbonyl (C=O) groups is 4. The lowest BCUT2D eigenvalue weighted by Crippen LogP contribution is -2.58. The zero-order valence-corrected chi connectivity index (χ0v) is 21.3. The van der Waals surface area contributed by atoms with Crippen LogP contribution in [0.25, 0.3) is 0 Å². The quantitative estimate of drug-likeness (QED) is 0.0688. The minimum Gasteiger partial charge on any atom is -0.480 e. The number of nitrogens with two attached hydrogens (primary N) is 3. The fourth-order valence-electron chi connectivity index (χ4n) is 3.25. The number of aliphatic hydroxyl groups is 1. The van der Waals surface area contributed by atoms with Gasteiger partial charge in [-0.15, -0.1) is 0 Å². The van der Waals surface area contributed by atoms with Crippen LogP contribution in [0.2, 0.25) is 0 Å². The Bertz CT molecular complexity index is 738. The van der Waals surface area contributed by atoms with Gasteiger partial charge in [-0.3, -0.25) is 19.4 Å². The highest BCUT2D eigenvalue weighted by atomic mass is 16.4. The van der Waals surface area contributed by atoms with E-state index >= 15 is 0 Å². The summed E-state index contributed by atoms with van der Waals surface area (Å²) in [6.07, 6.45) is -0.0605. The van der Waals surface area contributed by atoms with Crippen LogP contribution in [-0.2, 0) is 19.2 Å². The molecule has 11 N–H and O–H groups in total. The van der Waals surface area contributed by atoms with E-state index in [0.29, 0.717) is 25.8 Å². The molecule has 0 saturated heterocycles. The number of carboxylic acids is 1. The van der Waals surface area contributed by atoms with Crippen LogP contribution in [0.5, 0.6) is 0 Å². The highest BCUT2D eigenvalue weighted by Crippen LogP contribution is 2.10. The number of guanidine groups is 1.